The van der Waals surface area contributed by atoms with Gasteiger partial charge in [0.25, 0.3) is 0 Å². The first-order valence-corrected chi connectivity index (χ1v) is 16.0. The van der Waals surface area contributed by atoms with Gasteiger partial charge < -0.3 is 20.0 Å². The van der Waals surface area contributed by atoms with E-state index in [1.165, 1.54) is 12.3 Å². The molecule has 3 aliphatic rings. The molecule has 0 atom stereocenters. The SMILES string of the molecule is O=C(c1c(F)ccc(N(OC(=O)C(F)(F)F)S(=O)(=O)N2CCCC2)c1F)c1c[nH]c2ncc(-c3cnc(N4CC5(CNC5)C4)nc3)cc12. The summed E-state index contributed by atoms with van der Waals surface area (Å²) in [7, 11) is -5.11. The molecule has 0 unspecified atom stereocenters. The van der Waals surface area contributed by atoms with Crippen LogP contribution in [-0.4, -0.2) is 89.9 Å². The lowest BCUT2D eigenvalue weighted by Gasteiger charge is -2.55. The van der Waals surface area contributed by atoms with Crippen molar-refractivity contribution in [3.8, 4) is 11.1 Å². The molecule has 1 aromatic carbocycles. The first-order valence-electron chi connectivity index (χ1n) is 14.6. The third-order valence-corrected chi connectivity index (χ3v) is 10.3. The van der Waals surface area contributed by atoms with E-state index in [4.69, 9.17) is 0 Å². The zero-order valence-corrected chi connectivity index (χ0v) is 25.5. The van der Waals surface area contributed by atoms with Crippen molar-refractivity contribution < 1.29 is 44.8 Å². The fourth-order valence-corrected chi connectivity index (χ4v) is 7.47. The minimum atomic E-state index is -5.67. The number of carbonyl (C=O) groups excluding carboxylic acids is 2. The maximum atomic E-state index is 16.0. The van der Waals surface area contributed by atoms with Crippen LogP contribution in [0.1, 0.15) is 28.8 Å². The first-order chi connectivity index (χ1) is 22.8. The number of halogens is 5. The Kier molecular flexibility index (Phi) is 7.59. The van der Waals surface area contributed by atoms with Crippen LogP contribution in [0.4, 0.5) is 33.6 Å². The molecule has 0 saturated carbocycles. The molecule has 7 rings (SSSR count). The second-order valence-corrected chi connectivity index (χ2v) is 13.6. The lowest BCUT2D eigenvalue weighted by Crippen LogP contribution is -2.71. The number of benzene rings is 1. The van der Waals surface area contributed by atoms with Gasteiger partial charge in [-0.1, -0.05) is 4.47 Å². The molecule has 252 valence electrons. The van der Waals surface area contributed by atoms with Gasteiger partial charge in [-0.3, -0.25) is 4.79 Å². The number of carbonyl (C=O) groups is 2. The predicted molar refractivity (Wildman–Crippen MR) is 159 cm³/mol. The average molecular weight is 693 g/mol. The van der Waals surface area contributed by atoms with Crippen LogP contribution < -0.4 is 14.7 Å². The lowest BCUT2D eigenvalue weighted by molar-refractivity contribution is -0.199. The van der Waals surface area contributed by atoms with Gasteiger partial charge >= 0.3 is 22.4 Å². The largest absolute Gasteiger partial charge is 0.493 e. The van der Waals surface area contributed by atoms with Crippen LogP contribution >= 0.6 is 0 Å². The van der Waals surface area contributed by atoms with Gasteiger partial charge in [-0.05, 0) is 31.0 Å². The van der Waals surface area contributed by atoms with Gasteiger partial charge in [-0.15, -0.1) is 0 Å². The Balaban J connectivity index is 1.22. The molecule has 13 nitrogen and oxygen atoms in total. The Labute approximate surface area is 268 Å². The number of alkyl halides is 3. The molecule has 6 heterocycles. The summed E-state index contributed by atoms with van der Waals surface area (Å²) in [6.45, 7) is 3.25. The maximum absolute atomic E-state index is 16.0. The molecule has 0 bridgehead atoms. The van der Waals surface area contributed by atoms with E-state index in [9.17, 15) is 31.2 Å². The molecule has 48 heavy (non-hydrogen) atoms. The molecule has 0 amide bonds. The van der Waals surface area contributed by atoms with Gasteiger partial charge in [0.05, 0.1) is 5.56 Å². The summed E-state index contributed by atoms with van der Waals surface area (Å²) in [6.07, 6.45) is 0.751. The Morgan fingerprint density at radius 2 is 1.65 bits per heavy atom. The highest BCUT2D eigenvalue weighted by molar-refractivity contribution is 7.90. The Hall–Kier alpha value is -4.75. The summed E-state index contributed by atoms with van der Waals surface area (Å²) in [5, 5.41) is 3.38. The van der Waals surface area contributed by atoms with Crippen LogP contribution in [-0.2, 0) is 19.8 Å². The van der Waals surface area contributed by atoms with E-state index in [2.05, 4.69) is 30.1 Å². The smallest absolute Gasteiger partial charge is 0.345 e. The summed E-state index contributed by atoms with van der Waals surface area (Å²) in [5.74, 6) is -7.03. The van der Waals surface area contributed by atoms with E-state index in [0.29, 0.717) is 46.4 Å². The van der Waals surface area contributed by atoms with Gasteiger partial charge in [0.15, 0.2) is 5.82 Å². The highest BCUT2D eigenvalue weighted by Gasteiger charge is 2.49. The van der Waals surface area contributed by atoms with Crippen LogP contribution in [0.15, 0.2) is 43.0 Å². The predicted octanol–water partition coefficient (Wildman–Crippen LogP) is 3.11. The molecule has 4 aromatic rings. The van der Waals surface area contributed by atoms with Crippen molar-refractivity contribution in [2.45, 2.75) is 19.0 Å². The second kappa shape index (κ2) is 11.4. The molecular formula is C29H25F5N8O5S. The van der Waals surface area contributed by atoms with Crippen molar-refractivity contribution >= 4 is 44.6 Å². The molecule has 2 N–H and O–H groups in total. The van der Waals surface area contributed by atoms with E-state index >= 15 is 8.78 Å². The van der Waals surface area contributed by atoms with Gasteiger partial charge in [0, 0.05) is 91.5 Å². The minimum Gasteiger partial charge on any atom is -0.345 e. The average Bonchev–Trinajstić information content (AvgIpc) is 3.70. The first kappa shape index (κ1) is 31.8. The van der Waals surface area contributed by atoms with E-state index in [1.54, 1.807) is 12.4 Å². The minimum absolute atomic E-state index is 0.123. The number of H-pyrrole nitrogens is 1. The van der Waals surface area contributed by atoms with E-state index in [0.717, 1.165) is 32.4 Å². The highest BCUT2D eigenvalue weighted by Crippen LogP contribution is 2.37. The summed E-state index contributed by atoms with van der Waals surface area (Å²) in [5.41, 5.74) is -1.47. The summed E-state index contributed by atoms with van der Waals surface area (Å²) >= 11 is 0. The zero-order valence-electron chi connectivity index (χ0n) is 24.7. The third kappa shape index (κ3) is 5.40. The Morgan fingerprint density at radius 1 is 0.979 bits per heavy atom. The topological polar surface area (TPSA) is 154 Å². The van der Waals surface area contributed by atoms with E-state index in [-0.39, 0.29) is 35.1 Å². The van der Waals surface area contributed by atoms with Gasteiger partial charge in [0.2, 0.25) is 11.7 Å². The number of hydrogen-bond acceptors (Lipinski definition) is 10. The van der Waals surface area contributed by atoms with Crippen molar-refractivity contribution in [1.82, 2.24) is 29.6 Å². The summed E-state index contributed by atoms with van der Waals surface area (Å²) < 4.78 is 97.2. The van der Waals surface area contributed by atoms with Crippen LogP contribution in [0.2, 0.25) is 0 Å². The van der Waals surface area contributed by atoms with E-state index in [1.807, 2.05) is 4.90 Å². The van der Waals surface area contributed by atoms with Crippen LogP contribution in [0.25, 0.3) is 22.2 Å². The number of aromatic amines is 1. The lowest BCUT2D eigenvalue weighted by atomic mass is 9.75. The van der Waals surface area contributed by atoms with Crippen LogP contribution in [0, 0.1) is 17.0 Å². The Bertz CT molecular complexity index is 2040. The number of rotatable bonds is 8. The van der Waals surface area contributed by atoms with Crippen molar-refractivity contribution in [2.24, 2.45) is 5.41 Å². The molecule has 3 fully saturated rings. The second-order valence-electron chi connectivity index (χ2n) is 11.9. The quantitative estimate of drug-likeness (QED) is 0.160. The number of nitrogens with zero attached hydrogens (tertiary/aromatic N) is 6. The van der Waals surface area contributed by atoms with Crippen molar-refractivity contribution in [3.05, 3.63) is 65.7 Å². The number of fused-ring (bicyclic) bond motifs is 1. The summed E-state index contributed by atoms with van der Waals surface area (Å²) in [4.78, 5) is 47.5. The molecule has 19 heteroatoms. The molecule has 3 aromatic heterocycles. The normalized spacial score (nSPS) is 17.7. The van der Waals surface area contributed by atoms with E-state index < -0.39 is 55.5 Å². The van der Waals surface area contributed by atoms with Crippen LogP contribution in [0.3, 0.4) is 0 Å². The monoisotopic (exact) mass is 692 g/mol. The maximum Gasteiger partial charge on any atom is 0.493 e. The highest BCUT2D eigenvalue weighted by atomic mass is 32.2. The fraction of sp³-hybridized carbons (Fsp3) is 0.345. The molecule has 3 aliphatic heterocycles. The van der Waals surface area contributed by atoms with Gasteiger partial charge in [-0.25, -0.2) is 28.5 Å². The number of nitrogens with one attached hydrogen (secondary N) is 2. The molecule has 3 saturated heterocycles. The number of pyridine rings is 1. The fourth-order valence-electron chi connectivity index (χ4n) is 5.99. The van der Waals surface area contributed by atoms with Crippen molar-refractivity contribution in [3.63, 3.8) is 0 Å². The molecule has 0 aliphatic carbocycles. The standard InChI is InChI=1S/C29H25F5N8O5S/c30-20-3-4-21(42(47-26(44)29(32,33)34)48(45,46)41-5-1-2-6-41)23(31)22(20)24(43)19-11-37-25-18(19)7-16(8-36-25)17-9-38-27(39-10-17)40-14-28(15-40)12-35-13-28/h3-4,7-11,35H,1-2,5-6,12-15H2,(H,36,37). The van der Waals surface area contributed by atoms with Crippen molar-refractivity contribution in [1.29, 1.82) is 0 Å². The molecular weight excluding hydrogens is 667 g/mol. The van der Waals surface area contributed by atoms with Gasteiger partial charge in [0.1, 0.15) is 17.2 Å². The summed E-state index contributed by atoms with van der Waals surface area (Å²) in [6, 6.07) is 2.46. The number of anilines is 2. The third-order valence-electron chi connectivity index (χ3n) is 8.58. The molecule has 1 spiro atoms. The van der Waals surface area contributed by atoms with Gasteiger partial charge in [-0.2, -0.15) is 25.9 Å². The Morgan fingerprint density at radius 3 is 2.27 bits per heavy atom. The van der Waals surface area contributed by atoms with Crippen molar-refractivity contribution in [2.75, 3.05) is 48.6 Å². The number of ketones is 1. The molecule has 0 radical (unpaired) electrons. The number of aromatic nitrogens is 4. The zero-order chi connectivity index (χ0) is 34.0. The number of hydrogen-bond donors (Lipinski definition) is 2. The van der Waals surface area contributed by atoms with Crippen LogP contribution in [0.5, 0.6) is 0 Å².